The van der Waals surface area contributed by atoms with Crippen molar-refractivity contribution in [3.05, 3.63) is 90.1 Å². The second-order valence-corrected chi connectivity index (χ2v) is 6.60. The van der Waals surface area contributed by atoms with Crippen LogP contribution in [-0.4, -0.2) is 32.6 Å². The maximum atomic E-state index is 13.2. The van der Waals surface area contributed by atoms with E-state index in [2.05, 4.69) is 10.1 Å². The van der Waals surface area contributed by atoms with Crippen molar-refractivity contribution >= 4 is 5.91 Å². The summed E-state index contributed by atoms with van der Waals surface area (Å²) in [6.07, 6.45) is 5.20. The number of carbonyl (C=O) groups excluding carboxylic acids is 1. The van der Waals surface area contributed by atoms with Gasteiger partial charge in [0.15, 0.2) is 5.76 Å². The van der Waals surface area contributed by atoms with Gasteiger partial charge in [-0.15, -0.1) is 0 Å². The molecule has 0 fully saturated rings. The second kappa shape index (κ2) is 7.52. The maximum Gasteiger partial charge on any atom is 0.257 e. The molecule has 0 aliphatic carbocycles. The molecule has 28 heavy (non-hydrogen) atoms. The largest absolute Gasteiger partial charge is 0.460 e. The predicted octanol–water partition coefficient (Wildman–Crippen LogP) is 4.11. The molecule has 0 aliphatic heterocycles. The van der Waals surface area contributed by atoms with Crippen LogP contribution in [0.15, 0.2) is 77.6 Å². The number of hydrogen-bond acceptors (Lipinski definition) is 4. The minimum atomic E-state index is -0.122. The number of aromatic nitrogens is 3. The lowest BCUT2D eigenvalue weighted by Crippen LogP contribution is -2.26. The minimum Gasteiger partial charge on any atom is -0.460 e. The van der Waals surface area contributed by atoms with E-state index in [4.69, 9.17) is 4.42 Å². The number of amides is 1. The Kier molecular flexibility index (Phi) is 4.76. The molecule has 140 valence electrons. The number of benzene rings is 1. The zero-order valence-corrected chi connectivity index (χ0v) is 15.7. The lowest BCUT2D eigenvalue weighted by molar-refractivity contribution is 0.0785. The van der Waals surface area contributed by atoms with Crippen LogP contribution in [0, 0.1) is 6.92 Å². The Balaban J connectivity index is 1.72. The van der Waals surface area contributed by atoms with Crippen LogP contribution in [-0.2, 0) is 6.54 Å². The van der Waals surface area contributed by atoms with Gasteiger partial charge in [0.2, 0.25) is 0 Å². The summed E-state index contributed by atoms with van der Waals surface area (Å²) in [5, 5.41) is 4.64. The van der Waals surface area contributed by atoms with E-state index < -0.39 is 0 Å². The summed E-state index contributed by atoms with van der Waals surface area (Å²) in [5.41, 5.74) is 2.91. The first-order valence-electron chi connectivity index (χ1n) is 8.98. The molecule has 0 saturated heterocycles. The summed E-state index contributed by atoms with van der Waals surface area (Å²) in [6.45, 7) is 2.35. The van der Waals surface area contributed by atoms with Crippen molar-refractivity contribution in [1.82, 2.24) is 19.7 Å². The third kappa shape index (κ3) is 3.57. The summed E-state index contributed by atoms with van der Waals surface area (Å²) in [5.74, 6) is 1.23. The van der Waals surface area contributed by atoms with Crippen molar-refractivity contribution in [2.24, 2.45) is 0 Å². The Labute approximate surface area is 163 Å². The molecule has 3 heterocycles. The van der Waals surface area contributed by atoms with Gasteiger partial charge in [-0.25, -0.2) is 4.68 Å². The number of hydrogen-bond donors (Lipinski definition) is 0. The van der Waals surface area contributed by atoms with E-state index in [1.165, 1.54) is 0 Å². The second-order valence-electron chi connectivity index (χ2n) is 6.60. The molecule has 0 spiro atoms. The summed E-state index contributed by atoms with van der Waals surface area (Å²) in [4.78, 5) is 18.9. The van der Waals surface area contributed by atoms with Gasteiger partial charge in [-0.1, -0.05) is 18.2 Å². The fourth-order valence-corrected chi connectivity index (χ4v) is 3.03. The zero-order chi connectivity index (χ0) is 19.5. The van der Waals surface area contributed by atoms with Crippen LogP contribution < -0.4 is 0 Å². The fraction of sp³-hybridized carbons (Fsp3) is 0.136. The molecule has 0 aliphatic rings. The molecule has 1 amide bonds. The van der Waals surface area contributed by atoms with Crippen LogP contribution in [0.2, 0.25) is 0 Å². The molecule has 1 aromatic carbocycles. The first-order chi connectivity index (χ1) is 13.6. The number of aryl methyl sites for hydroxylation is 1. The van der Waals surface area contributed by atoms with Gasteiger partial charge in [0.05, 0.1) is 11.3 Å². The Bertz CT molecular complexity index is 1080. The van der Waals surface area contributed by atoms with Crippen molar-refractivity contribution in [1.29, 1.82) is 0 Å². The van der Waals surface area contributed by atoms with Crippen LogP contribution in [0.1, 0.15) is 21.7 Å². The molecule has 3 aromatic heterocycles. The highest BCUT2D eigenvalue weighted by atomic mass is 16.3. The number of para-hydroxylation sites is 1. The standard InChI is InChI=1S/C22H20N4O2/c1-16-8-9-20(28-16)21-19(15-26(24-21)18-6-4-3-5-7-18)22(27)25(2)14-17-10-12-23-13-11-17/h3-13,15H,14H2,1-2H3. The average molecular weight is 372 g/mol. The molecule has 4 aromatic rings. The van der Waals surface area contributed by atoms with Crippen LogP contribution >= 0.6 is 0 Å². The van der Waals surface area contributed by atoms with Crippen LogP contribution in [0.4, 0.5) is 0 Å². The first kappa shape index (κ1) is 17.7. The molecule has 4 rings (SSSR count). The fourth-order valence-electron chi connectivity index (χ4n) is 3.03. The van der Waals surface area contributed by atoms with Crippen LogP contribution in [0.25, 0.3) is 17.1 Å². The number of rotatable bonds is 5. The lowest BCUT2D eigenvalue weighted by Gasteiger charge is -2.16. The van der Waals surface area contributed by atoms with Crippen LogP contribution in [0.5, 0.6) is 0 Å². The van der Waals surface area contributed by atoms with Gasteiger partial charge in [0, 0.05) is 32.2 Å². The van der Waals surface area contributed by atoms with Gasteiger partial charge in [0.25, 0.3) is 5.91 Å². The molecule has 6 heteroatoms. The van der Waals surface area contributed by atoms with E-state index >= 15 is 0 Å². The van der Waals surface area contributed by atoms with E-state index in [0.717, 1.165) is 17.0 Å². The Morgan fingerprint density at radius 2 is 1.82 bits per heavy atom. The molecule has 6 nitrogen and oxygen atoms in total. The molecule has 0 radical (unpaired) electrons. The highest BCUT2D eigenvalue weighted by Crippen LogP contribution is 2.27. The molecular weight excluding hydrogens is 352 g/mol. The number of nitrogens with zero attached hydrogens (tertiary/aromatic N) is 4. The first-order valence-corrected chi connectivity index (χ1v) is 8.98. The Morgan fingerprint density at radius 1 is 1.07 bits per heavy atom. The summed E-state index contributed by atoms with van der Waals surface area (Å²) in [7, 11) is 1.78. The van der Waals surface area contributed by atoms with Crippen molar-refractivity contribution in [2.75, 3.05) is 7.05 Å². The van der Waals surface area contributed by atoms with E-state index in [0.29, 0.717) is 23.6 Å². The van der Waals surface area contributed by atoms with Gasteiger partial charge in [-0.2, -0.15) is 5.10 Å². The van der Waals surface area contributed by atoms with Crippen molar-refractivity contribution in [3.63, 3.8) is 0 Å². The topological polar surface area (TPSA) is 64.2 Å². The van der Waals surface area contributed by atoms with E-state index in [1.807, 2.05) is 61.5 Å². The third-order valence-corrected chi connectivity index (χ3v) is 4.45. The van der Waals surface area contributed by atoms with Gasteiger partial charge in [0.1, 0.15) is 11.5 Å². The normalized spacial score (nSPS) is 10.8. The SMILES string of the molecule is Cc1ccc(-c2nn(-c3ccccc3)cc2C(=O)N(C)Cc2ccncc2)o1. The Morgan fingerprint density at radius 3 is 2.50 bits per heavy atom. The predicted molar refractivity (Wildman–Crippen MR) is 106 cm³/mol. The zero-order valence-electron chi connectivity index (χ0n) is 15.7. The number of furan rings is 1. The molecule has 0 saturated carbocycles. The van der Waals surface area contributed by atoms with Crippen LogP contribution in [0.3, 0.4) is 0 Å². The quantitative estimate of drug-likeness (QED) is 0.529. The number of pyridine rings is 1. The Hall–Kier alpha value is -3.67. The minimum absolute atomic E-state index is 0.122. The van der Waals surface area contributed by atoms with E-state index in [9.17, 15) is 4.79 Å². The van der Waals surface area contributed by atoms with E-state index in [1.54, 1.807) is 35.2 Å². The molecule has 0 bridgehead atoms. The molecule has 0 N–H and O–H groups in total. The molecular formula is C22H20N4O2. The maximum absolute atomic E-state index is 13.2. The number of carbonyl (C=O) groups is 1. The molecule has 0 atom stereocenters. The smallest absolute Gasteiger partial charge is 0.257 e. The lowest BCUT2D eigenvalue weighted by atomic mass is 10.1. The van der Waals surface area contributed by atoms with Gasteiger partial charge >= 0.3 is 0 Å². The summed E-state index contributed by atoms with van der Waals surface area (Å²) < 4.78 is 7.46. The van der Waals surface area contributed by atoms with E-state index in [-0.39, 0.29) is 5.91 Å². The van der Waals surface area contributed by atoms with Crippen molar-refractivity contribution < 1.29 is 9.21 Å². The van der Waals surface area contributed by atoms with Gasteiger partial charge < -0.3 is 9.32 Å². The van der Waals surface area contributed by atoms with Gasteiger partial charge in [-0.05, 0) is 48.9 Å². The monoisotopic (exact) mass is 372 g/mol. The average Bonchev–Trinajstić information content (AvgIpc) is 3.35. The van der Waals surface area contributed by atoms with Crippen molar-refractivity contribution in [2.45, 2.75) is 13.5 Å². The third-order valence-electron chi connectivity index (χ3n) is 4.45. The highest BCUT2D eigenvalue weighted by molar-refractivity contribution is 5.99. The summed E-state index contributed by atoms with van der Waals surface area (Å²) in [6, 6.07) is 17.2. The van der Waals surface area contributed by atoms with Crippen molar-refractivity contribution in [3.8, 4) is 17.1 Å². The summed E-state index contributed by atoms with van der Waals surface area (Å²) >= 11 is 0. The van der Waals surface area contributed by atoms with Gasteiger partial charge in [-0.3, -0.25) is 9.78 Å². The highest BCUT2D eigenvalue weighted by Gasteiger charge is 2.23. The molecule has 0 unspecified atom stereocenters.